The second kappa shape index (κ2) is 8.78. The Hall–Kier alpha value is -3.52. The summed E-state index contributed by atoms with van der Waals surface area (Å²) in [5, 5.41) is 20.8. The van der Waals surface area contributed by atoms with Gasteiger partial charge in [0.15, 0.2) is 0 Å². The number of para-hydroxylation sites is 1. The first-order valence-corrected chi connectivity index (χ1v) is 11.3. The standard InChI is InChI=1S/C24H24ClN5O3/c25-16-7-4-6-15(12-16)19-13-29(24(32)33)14-21(19)26-23(31)27-22-18-10-5-11-20(18)28-30(22)17-8-2-1-3-9-17/h1-4,6-9,12,19,21H,5,10-11,13-14H2,(H,32,33)(H2,26,27,31). The summed E-state index contributed by atoms with van der Waals surface area (Å²) >= 11 is 6.16. The summed E-state index contributed by atoms with van der Waals surface area (Å²) in [5.74, 6) is 0.467. The van der Waals surface area contributed by atoms with Crippen molar-refractivity contribution in [3.63, 3.8) is 0 Å². The van der Waals surface area contributed by atoms with Crippen LogP contribution in [0.15, 0.2) is 54.6 Å². The Morgan fingerprint density at radius 2 is 1.88 bits per heavy atom. The fourth-order valence-electron chi connectivity index (χ4n) is 4.77. The van der Waals surface area contributed by atoms with Gasteiger partial charge in [-0.2, -0.15) is 5.10 Å². The van der Waals surface area contributed by atoms with Crippen LogP contribution >= 0.6 is 11.6 Å². The highest BCUT2D eigenvalue weighted by atomic mass is 35.5. The highest BCUT2D eigenvalue weighted by molar-refractivity contribution is 6.30. The summed E-state index contributed by atoms with van der Waals surface area (Å²) in [6.45, 7) is 0.494. The van der Waals surface area contributed by atoms with E-state index in [4.69, 9.17) is 16.7 Å². The number of anilines is 1. The molecule has 0 bridgehead atoms. The molecule has 0 saturated carbocycles. The summed E-state index contributed by atoms with van der Waals surface area (Å²) < 4.78 is 1.77. The van der Waals surface area contributed by atoms with Crippen molar-refractivity contribution in [2.45, 2.75) is 31.2 Å². The number of aromatic nitrogens is 2. The maximum absolute atomic E-state index is 13.1. The van der Waals surface area contributed by atoms with E-state index < -0.39 is 6.09 Å². The van der Waals surface area contributed by atoms with Gasteiger partial charge in [-0.1, -0.05) is 41.9 Å². The second-order valence-electron chi connectivity index (χ2n) is 8.43. The first-order chi connectivity index (χ1) is 16.0. The van der Waals surface area contributed by atoms with Crippen LogP contribution in [0.3, 0.4) is 0 Å². The van der Waals surface area contributed by atoms with Crippen LogP contribution in [0, 0.1) is 0 Å². The van der Waals surface area contributed by atoms with Crippen molar-refractivity contribution in [2.24, 2.45) is 0 Å². The number of nitrogens with zero attached hydrogens (tertiary/aromatic N) is 3. The number of fused-ring (bicyclic) bond motifs is 1. The Morgan fingerprint density at radius 1 is 1.06 bits per heavy atom. The van der Waals surface area contributed by atoms with E-state index in [1.807, 2.05) is 48.5 Å². The number of urea groups is 1. The van der Waals surface area contributed by atoms with Gasteiger partial charge in [0.1, 0.15) is 5.82 Å². The van der Waals surface area contributed by atoms with Crippen molar-refractivity contribution in [1.29, 1.82) is 0 Å². The lowest BCUT2D eigenvalue weighted by molar-refractivity contribution is 0.154. The summed E-state index contributed by atoms with van der Waals surface area (Å²) in [6.07, 6.45) is 1.75. The predicted molar refractivity (Wildman–Crippen MR) is 125 cm³/mol. The van der Waals surface area contributed by atoms with Crippen LogP contribution in [0.1, 0.15) is 29.2 Å². The molecule has 2 aliphatic rings. The zero-order valence-electron chi connectivity index (χ0n) is 17.9. The normalized spacial score (nSPS) is 19.4. The van der Waals surface area contributed by atoms with Crippen LogP contribution in [0.5, 0.6) is 0 Å². The summed E-state index contributed by atoms with van der Waals surface area (Å²) in [5.41, 5.74) is 3.83. The molecule has 3 aromatic rings. The molecule has 0 radical (unpaired) electrons. The zero-order chi connectivity index (χ0) is 22.9. The Labute approximate surface area is 196 Å². The minimum absolute atomic E-state index is 0.199. The SMILES string of the molecule is O=C(Nc1c2c(nn1-c1ccccc1)CCC2)NC1CN(C(=O)O)CC1c1cccc(Cl)c1. The Bertz CT molecular complexity index is 1200. The molecule has 1 aliphatic heterocycles. The number of amides is 3. The fourth-order valence-corrected chi connectivity index (χ4v) is 4.97. The maximum Gasteiger partial charge on any atom is 0.407 e. The van der Waals surface area contributed by atoms with Crippen molar-refractivity contribution in [3.8, 4) is 5.69 Å². The van der Waals surface area contributed by atoms with Crippen molar-refractivity contribution < 1.29 is 14.7 Å². The van der Waals surface area contributed by atoms with Crippen molar-refractivity contribution in [3.05, 3.63) is 76.4 Å². The van der Waals surface area contributed by atoms with E-state index >= 15 is 0 Å². The van der Waals surface area contributed by atoms with Gasteiger partial charge in [0.2, 0.25) is 0 Å². The van der Waals surface area contributed by atoms with E-state index in [-0.39, 0.29) is 31.1 Å². The summed E-state index contributed by atoms with van der Waals surface area (Å²) in [6, 6.07) is 16.3. The fraction of sp³-hybridized carbons (Fsp3) is 0.292. The minimum Gasteiger partial charge on any atom is -0.465 e. The van der Waals surface area contributed by atoms with Crippen LogP contribution in [-0.4, -0.2) is 51.0 Å². The number of hydrogen-bond donors (Lipinski definition) is 3. The summed E-state index contributed by atoms with van der Waals surface area (Å²) in [4.78, 5) is 26.1. The predicted octanol–water partition coefficient (Wildman–Crippen LogP) is 4.28. The lowest BCUT2D eigenvalue weighted by Gasteiger charge is -2.21. The third kappa shape index (κ3) is 4.26. The van der Waals surface area contributed by atoms with Crippen molar-refractivity contribution in [2.75, 3.05) is 18.4 Å². The van der Waals surface area contributed by atoms with Gasteiger partial charge in [-0.25, -0.2) is 14.3 Å². The van der Waals surface area contributed by atoms with Crippen molar-refractivity contribution >= 4 is 29.5 Å². The van der Waals surface area contributed by atoms with Gasteiger partial charge < -0.3 is 15.3 Å². The van der Waals surface area contributed by atoms with E-state index in [0.29, 0.717) is 10.8 Å². The number of hydrogen-bond acceptors (Lipinski definition) is 3. The van der Waals surface area contributed by atoms with Gasteiger partial charge >= 0.3 is 12.1 Å². The molecule has 2 atom stereocenters. The molecule has 3 N–H and O–H groups in total. The van der Waals surface area contributed by atoms with E-state index in [2.05, 4.69) is 10.6 Å². The maximum atomic E-state index is 13.1. The van der Waals surface area contributed by atoms with Gasteiger partial charge in [0, 0.05) is 29.6 Å². The number of nitrogens with one attached hydrogen (secondary N) is 2. The minimum atomic E-state index is -1.01. The molecule has 5 rings (SSSR count). The first kappa shape index (κ1) is 21.3. The smallest absolute Gasteiger partial charge is 0.407 e. The van der Waals surface area contributed by atoms with Gasteiger partial charge in [-0.3, -0.25) is 5.32 Å². The molecule has 170 valence electrons. The molecular weight excluding hydrogens is 442 g/mol. The quantitative estimate of drug-likeness (QED) is 0.535. The topological polar surface area (TPSA) is 99.5 Å². The summed E-state index contributed by atoms with van der Waals surface area (Å²) in [7, 11) is 0. The number of aryl methyl sites for hydroxylation is 1. The van der Waals surface area contributed by atoms with Crippen LogP contribution in [0.25, 0.3) is 5.69 Å². The molecule has 1 saturated heterocycles. The molecule has 0 spiro atoms. The van der Waals surface area contributed by atoms with Gasteiger partial charge in [-0.15, -0.1) is 0 Å². The molecule has 2 aromatic carbocycles. The van der Waals surface area contributed by atoms with E-state index in [1.165, 1.54) is 4.90 Å². The number of benzene rings is 2. The third-order valence-corrected chi connectivity index (χ3v) is 6.56. The Morgan fingerprint density at radius 3 is 2.64 bits per heavy atom. The largest absolute Gasteiger partial charge is 0.465 e. The van der Waals surface area contributed by atoms with Crippen LogP contribution in [0.4, 0.5) is 15.4 Å². The number of rotatable bonds is 4. The zero-order valence-corrected chi connectivity index (χ0v) is 18.6. The van der Waals surface area contributed by atoms with E-state index in [1.54, 1.807) is 10.7 Å². The molecule has 33 heavy (non-hydrogen) atoms. The van der Waals surface area contributed by atoms with Crippen molar-refractivity contribution in [1.82, 2.24) is 20.0 Å². The first-order valence-electron chi connectivity index (χ1n) is 11.0. The molecule has 1 aliphatic carbocycles. The second-order valence-corrected chi connectivity index (χ2v) is 8.87. The Kier molecular flexibility index (Phi) is 5.68. The van der Waals surface area contributed by atoms with Crippen LogP contribution < -0.4 is 10.6 Å². The molecule has 3 amide bonds. The van der Waals surface area contributed by atoms with Gasteiger partial charge in [-0.05, 0) is 49.1 Å². The number of likely N-dealkylation sites (tertiary alicyclic amines) is 1. The number of halogens is 1. The molecule has 1 fully saturated rings. The molecule has 2 heterocycles. The van der Waals surface area contributed by atoms with Crippen LogP contribution in [-0.2, 0) is 12.8 Å². The third-order valence-electron chi connectivity index (χ3n) is 6.32. The highest BCUT2D eigenvalue weighted by Crippen LogP contribution is 2.32. The molecule has 1 aromatic heterocycles. The average molecular weight is 466 g/mol. The number of carbonyl (C=O) groups is 2. The highest BCUT2D eigenvalue weighted by Gasteiger charge is 2.37. The molecular formula is C24H24ClN5O3. The molecule has 9 heteroatoms. The van der Waals surface area contributed by atoms with Gasteiger partial charge in [0.05, 0.1) is 17.4 Å². The number of carbonyl (C=O) groups excluding carboxylic acids is 1. The Balaban J connectivity index is 1.39. The number of carboxylic acid groups (broad SMARTS) is 1. The van der Waals surface area contributed by atoms with E-state index in [9.17, 15) is 14.7 Å². The molecule has 2 unspecified atom stereocenters. The lowest BCUT2D eigenvalue weighted by Crippen LogP contribution is -2.43. The lowest BCUT2D eigenvalue weighted by atomic mass is 9.94. The van der Waals surface area contributed by atoms with Gasteiger partial charge in [0.25, 0.3) is 0 Å². The van der Waals surface area contributed by atoms with E-state index in [0.717, 1.165) is 41.8 Å². The van der Waals surface area contributed by atoms with Crippen LogP contribution in [0.2, 0.25) is 5.02 Å². The molecule has 8 nitrogen and oxygen atoms in total. The monoisotopic (exact) mass is 465 g/mol. The average Bonchev–Trinajstić information content (AvgIpc) is 3.50.